The number of piperidine rings is 1. The molecule has 3 rings (SSSR count). The van der Waals surface area contributed by atoms with Crippen molar-refractivity contribution in [1.29, 1.82) is 0 Å². The van der Waals surface area contributed by atoms with Gasteiger partial charge in [-0.2, -0.15) is 4.31 Å². The first kappa shape index (κ1) is 13.8. The van der Waals surface area contributed by atoms with Gasteiger partial charge in [0.05, 0.1) is 23.6 Å². The second-order valence-corrected chi connectivity index (χ2v) is 8.17. The molecule has 0 amide bonds. The number of ether oxygens (including phenoxy) is 2. The molecule has 0 aromatic rings. The molecule has 5 nitrogen and oxygen atoms in total. The summed E-state index contributed by atoms with van der Waals surface area (Å²) in [5.74, 6) is 0. The van der Waals surface area contributed by atoms with Gasteiger partial charge in [0.25, 0.3) is 0 Å². The van der Waals surface area contributed by atoms with E-state index in [1.807, 2.05) is 6.92 Å². The highest BCUT2D eigenvalue weighted by atomic mass is 32.2. The summed E-state index contributed by atoms with van der Waals surface area (Å²) >= 11 is 0. The van der Waals surface area contributed by atoms with E-state index in [0.29, 0.717) is 26.3 Å². The van der Waals surface area contributed by atoms with Crippen LogP contribution in [0.4, 0.5) is 0 Å². The van der Waals surface area contributed by atoms with Crippen LogP contribution in [0.5, 0.6) is 0 Å². The smallest absolute Gasteiger partial charge is 0.217 e. The minimum atomic E-state index is -3.07. The third-order valence-corrected chi connectivity index (χ3v) is 6.73. The molecule has 0 N–H and O–H groups in total. The van der Waals surface area contributed by atoms with Gasteiger partial charge in [0.15, 0.2) is 0 Å². The largest absolute Gasteiger partial charge is 0.376 e. The lowest BCUT2D eigenvalue weighted by Crippen LogP contribution is -2.51. The normalized spacial score (nSPS) is 37.0. The second kappa shape index (κ2) is 4.98. The quantitative estimate of drug-likeness (QED) is 0.779. The Morgan fingerprint density at radius 3 is 2.89 bits per heavy atom. The van der Waals surface area contributed by atoms with Gasteiger partial charge >= 0.3 is 0 Å². The summed E-state index contributed by atoms with van der Waals surface area (Å²) in [7, 11) is -3.07. The van der Waals surface area contributed by atoms with E-state index in [-0.39, 0.29) is 17.0 Å². The Morgan fingerprint density at radius 1 is 1.42 bits per heavy atom. The summed E-state index contributed by atoms with van der Waals surface area (Å²) in [5.41, 5.74) is -0.292. The van der Waals surface area contributed by atoms with Gasteiger partial charge < -0.3 is 9.47 Å². The van der Waals surface area contributed by atoms with Crippen molar-refractivity contribution in [3.8, 4) is 0 Å². The van der Waals surface area contributed by atoms with Crippen molar-refractivity contribution in [2.75, 3.05) is 26.3 Å². The van der Waals surface area contributed by atoms with E-state index in [4.69, 9.17) is 9.47 Å². The molecule has 0 unspecified atom stereocenters. The zero-order chi connectivity index (χ0) is 13.5. The van der Waals surface area contributed by atoms with Crippen LogP contribution in [0, 0.1) is 0 Å². The van der Waals surface area contributed by atoms with E-state index >= 15 is 0 Å². The van der Waals surface area contributed by atoms with Crippen molar-refractivity contribution in [2.24, 2.45) is 0 Å². The van der Waals surface area contributed by atoms with Crippen molar-refractivity contribution in [3.63, 3.8) is 0 Å². The fourth-order valence-electron chi connectivity index (χ4n) is 3.28. The third-order valence-electron chi connectivity index (χ3n) is 4.39. The number of rotatable bonds is 4. The van der Waals surface area contributed by atoms with Crippen LogP contribution in [-0.2, 0) is 19.5 Å². The van der Waals surface area contributed by atoms with E-state index in [0.717, 1.165) is 32.1 Å². The Kier molecular flexibility index (Phi) is 3.62. The standard InChI is InChI=1S/C13H23NO4S/c1-2-17-11-8-13(18-9-11)6-3-7-14(10-13)19(15,16)12-4-5-12/h11-12H,2-10H2,1H3/t11-,13+/m0/s1. The molecule has 3 aliphatic rings. The maximum atomic E-state index is 12.3. The lowest BCUT2D eigenvalue weighted by Gasteiger charge is -2.39. The summed E-state index contributed by atoms with van der Waals surface area (Å²) in [6.07, 6.45) is 4.46. The zero-order valence-corrected chi connectivity index (χ0v) is 12.3. The van der Waals surface area contributed by atoms with Crippen LogP contribution in [0.3, 0.4) is 0 Å². The van der Waals surface area contributed by atoms with Crippen LogP contribution in [0.1, 0.15) is 39.0 Å². The number of sulfonamides is 1. The third kappa shape index (κ3) is 2.68. The zero-order valence-electron chi connectivity index (χ0n) is 11.5. The summed E-state index contributed by atoms with van der Waals surface area (Å²) in [6.45, 7) is 4.45. The molecule has 0 radical (unpaired) electrons. The Bertz CT molecular complexity index is 434. The summed E-state index contributed by atoms with van der Waals surface area (Å²) in [6, 6.07) is 0. The first-order valence-corrected chi connectivity index (χ1v) is 8.81. The molecule has 0 aromatic heterocycles. The highest BCUT2D eigenvalue weighted by Crippen LogP contribution is 2.39. The van der Waals surface area contributed by atoms with E-state index in [2.05, 4.69) is 0 Å². The molecule has 6 heteroatoms. The monoisotopic (exact) mass is 289 g/mol. The Balaban J connectivity index is 1.68. The van der Waals surface area contributed by atoms with Crippen LogP contribution < -0.4 is 0 Å². The number of hydrogen-bond donors (Lipinski definition) is 0. The van der Waals surface area contributed by atoms with Gasteiger partial charge in [0, 0.05) is 26.1 Å². The van der Waals surface area contributed by atoms with Crippen molar-refractivity contribution in [1.82, 2.24) is 4.31 Å². The lowest BCUT2D eigenvalue weighted by molar-refractivity contribution is -0.0353. The van der Waals surface area contributed by atoms with Crippen molar-refractivity contribution < 1.29 is 17.9 Å². The van der Waals surface area contributed by atoms with Gasteiger partial charge in [-0.3, -0.25) is 0 Å². The SMILES string of the molecule is CCO[C@@H]1CO[C@]2(CCCN(S(=O)(=O)C3CC3)C2)C1. The Morgan fingerprint density at radius 2 is 2.21 bits per heavy atom. The van der Waals surface area contributed by atoms with Gasteiger partial charge in [-0.05, 0) is 32.6 Å². The second-order valence-electron chi connectivity index (χ2n) is 5.96. The van der Waals surface area contributed by atoms with Crippen molar-refractivity contribution in [2.45, 2.75) is 56.0 Å². The molecule has 2 atom stereocenters. The minimum Gasteiger partial charge on any atom is -0.376 e. The average molecular weight is 289 g/mol. The van der Waals surface area contributed by atoms with Gasteiger partial charge in [-0.15, -0.1) is 0 Å². The van der Waals surface area contributed by atoms with Gasteiger partial charge in [-0.25, -0.2) is 8.42 Å². The fourth-order valence-corrected chi connectivity index (χ4v) is 5.23. The topological polar surface area (TPSA) is 55.8 Å². The molecule has 19 heavy (non-hydrogen) atoms. The van der Waals surface area contributed by atoms with E-state index in [1.54, 1.807) is 4.31 Å². The van der Waals surface area contributed by atoms with Gasteiger partial charge in [0.2, 0.25) is 10.0 Å². The van der Waals surface area contributed by atoms with Crippen LogP contribution in [0.25, 0.3) is 0 Å². The Hall–Kier alpha value is -0.170. The van der Waals surface area contributed by atoms with Gasteiger partial charge in [0.1, 0.15) is 0 Å². The first-order chi connectivity index (χ1) is 9.06. The van der Waals surface area contributed by atoms with Crippen LogP contribution in [0.15, 0.2) is 0 Å². The highest BCUT2D eigenvalue weighted by molar-refractivity contribution is 7.90. The summed E-state index contributed by atoms with van der Waals surface area (Å²) in [5, 5.41) is -0.119. The average Bonchev–Trinajstić information content (AvgIpc) is 3.17. The molecule has 0 bridgehead atoms. The van der Waals surface area contributed by atoms with E-state index in [9.17, 15) is 8.42 Å². The summed E-state index contributed by atoms with van der Waals surface area (Å²) in [4.78, 5) is 0. The predicted molar refractivity (Wildman–Crippen MR) is 71.5 cm³/mol. The van der Waals surface area contributed by atoms with Gasteiger partial charge in [-0.1, -0.05) is 0 Å². The van der Waals surface area contributed by atoms with Crippen LogP contribution in [0.2, 0.25) is 0 Å². The molecule has 110 valence electrons. The molecule has 3 fully saturated rings. The van der Waals surface area contributed by atoms with Crippen LogP contribution in [-0.4, -0.2) is 56.0 Å². The lowest BCUT2D eigenvalue weighted by atomic mass is 9.90. The van der Waals surface area contributed by atoms with Crippen molar-refractivity contribution in [3.05, 3.63) is 0 Å². The Labute approximate surface area is 115 Å². The predicted octanol–water partition coefficient (Wildman–Crippen LogP) is 1.14. The first-order valence-electron chi connectivity index (χ1n) is 7.30. The highest BCUT2D eigenvalue weighted by Gasteiger charge is 2.49. The van der Waals surface area contributed by atoms with Crippen LogP contribution >= 0.6 is 0 Å². The maximum Gasteiger partial charge on any atom is 0.217 e. The molecular weight excluding hydrogens is 266 g/mol. The molecule has 1 aliphatic carbocycles. The fraction of sp³-hybridized carbons (Fsp3) is 1.00. The molecule has 1 saturated carbocycles. The molecule has 2 aliphatic heterocycles. The summed E-state index contributed by atoms with van der Waals surface area (Å²) < 4.78 is 37.9. The number of nitrogens with zero attached hydrogens (tertiary/aromatic N) is 1. The minimum absolute atomic E-state index is 0.119. The van der Waals surface area contributed by atoms with E-state index < -0.39 is 10.0 Å². The maximum absolute atomic E-state index is 12.3. The molecule has 1 spiro atoms. The number of hydrogen-bond acceptors (Lipinski definition) is 4. The molecule has 0 aromatic carbocycles. The molecular formula is C13H23NO4S. The molecule has 2 saturated heterocycles. The van der Waals surface area contributed by atoms with Crippen molar-refractivity contribution >= 4 is 10.0 Å². The van der Waals surface area contributed by atoms with E-state index in [1.165, 1.54) is 0 Å². The molecule has 2 heterocycles.